The predicted octanol–water partition coefficient (Wildman–Crippen LogP) is 4.85. The fourth-order valence-electron chi connectivity index (χ4n) is 5.40. The first-order chi connectivity index (χ1) is 16.0. The molecule has 2 heterocycles. The second-order valence-corrected chi connectivity index (χ2v) is 12.0. The average molecular weight is 466 g/mol. The van der Waals surface area contributed by atoms with Gasteiger partial charge in [-0.05, 0) is 79.1 Å². The highest BCUT2D eigenvalue weighted by molar-refractivity contribution is 5.91. The lowest BCUT2D eigenvalue weighted by atomic mass is 9.62. The van der Waals surface area contributed by atoms with Crippen molar-refractivity contribution in [3.8, 4) is 0 Å². The van der Waals surface area contributed by atoms with Crippen molar-refractivity contribution in [2.45, 2.75) is 64.7 Å². The molecule has 1 fully saturated rings. The molecule has 1 aliphatic heterocycles. The van der Waals surface area contributed by atoms with E-state index in [2.05, 4.69) is 70.6 Å². The highest BCUT2D eigenvalue weighted by Gasteiger charge is 2.37. The summed E-state index contributed by atoms with van der Waals surface area (Å²) in [6.45, 7) is 17.1. The third-order valence-corrected chi connectivity index (χ3v) is 8.07. The largest absolute Gasteiger partial charge is 0.456 e. The van der Waals surface area contributed by atoms with Crippen molar-refractivity contribution in [2.24, 2.45) is 0 Å². The summed E-state index contributed by atoms with van der Waals surface area (Å²) >= 11 is 0. The van der Waals surface area contributed by atoms with E-state index in [1.165, 1.54) is 35.1 Å². The van der Waals surface area contributed by atoms with Crippen LogP contribution in [0.25, 0.3) is 0 Å². The Labute approximate surface area is 206 Å². The molecule has 0 radical (unpaired) electrons. The molecule has 2 aromatic rings. The monoisotopic (exact) mass is 465 g/mol. The minimum absolute atomic E-state index is 0.0172. The second kappa shape index (κ2) is 9.50. The third-order valence-electron chi connectivity index (χ3n) is 8.07. The Balaban J connectivity index is 1.44. The predicted molar refractivity (Wildman–Crippen MR) is 139 cm³/mol. The molecule has 34 heavy (non-hydrogen) atoms. The van der Waals surface area contributed by atoms with Crippen molar-refractivity contribution in [3.05, 3.63) is 58.0 Å². The van der Waals surface area contributed by atoms with Gasteiger partial charge in [-0.3, -0.25) is 9.69 Å². The number of hydrogen-bond donors (Lipinski definition) is 0. The number of nitrogens with zero attached hydrogens (tertiary/aromatic N) is 3. The SMILES string of the molecule is Cc1cc2c(cc1Cc1ccc(C(=O)N3CCN(CCN(C)C)CC3)o1)C(C)(C)CCC2(C)C. The molecule has 4 rings (SSSR count). The summed E-state index contributed by atoms with van der Waals surface area (Å²) in [5, 5.41) is 0. The number of furan rings is 1. The zero-order chi connectivity index (χ0) is 24.7. The lowest BCUT2D eigenvalue weighted by molar-refractivity contribution is 0.0597. The summed E-state index contributed by atoms with van der Waals surface area (Å²) in [5.74, 6) is 1.35. The van der Waals surface area contributed by atoms with Crippen molar-refractivity contribution >= 4 is 5.91 Å². The van der Waals surface area contributed by atoms with Crippen LogP contribution in [-0.2, 0) is 17.3 Å². The van der Waals surface area contributed by atoms with Gasteiger partial charge in [-0.25, -0.2) is 0 Å². The molecule has 5 heteroatoms. The molecule has 1 saturated heterocycles. The lowest BCUT2D eigenvalue weighted by Gasteiger charge is -2.42. The number of benzene rings is 1. The summed E-state index contributed by atoms with van der Waals surface area (Å²) in [6, 6.07) is 8.64. The Morgan fingerprint density at radius 1 is 0.971 bits per heavy atom. The van der Waals surface area contributed by atoms with E-state index in [-0.39, 0.29) is 16.7 Å². The number of carbonyl (C=O) groups excluding carboxylic acids is 1. The van der Waals surface area contributed by atoms with Crippen LogP contribution >= 0.6 is 0 Å². The maximum atomic E-state index is 13.1. The van der Waals surface area contributed by atoms with Gasteiger partial charge in [-0.2, -0.15) is 0 Å². The van der Waals surface area contributed by atoms with Gasteiger partial charge in [0.25, 0.3) is 5.91 Å². The molecule has 0 saturated carbocycles. The van der Waals surface area contributed by atoms with Crippen LogP contribution in [0.1, 0.15) is 79.1 Å². The van der Waals surface area contributed by atoms with Gasteiger partial charge in [0.2, 0.25) is 0 Å². The molecule has 2 aliphatic rings. The fraction of sp³-hybridized carbons (Fsp3) is 0.621. The van der Waals surface area contributed by atoms with Crippen LogP contribution < -0.4 is 0 Å². The van der Waals surface area contributed by atoms with E-state index < -0.39 is 0 Å². The van der Waals surface area contributed by atoms with Gasteiger partial charge in [0, 0.05) is 45.7 Å². The minimum Gasteiger partial charge on any atom is -0.456 e. The van der Waals surface area contributed by atoms with E-state index in [9.17, 15) is 4.79 Å². The Morgan fingerprint density at radius 3 is 2.21 bits per heavy atom. The first kappa shape index (κ1) is 25.0. The molecular formula is C29H43N3O2. The summed E-state index contributed by atoms with van der Waals surface area (Å²) in [4.78, 5) is 19.6. The first-order valence-corrected chi connectivity index (χ1v) is 12.9. The topological polar surface area (TPSA) is 39.9 Å². The van der Waals surface area contributed by atoms with Gasteiger partial charge in [-0.1, -0.05) is 39.8 Å². The molecule has 0 bridgehead atoms. The molecule has 5 nitrogen and oxygen atoms in total. The van der Waals surface area contributed by atoms with E-state index in [1.54, 1.807) is 0 Å². The number of carbonyl (C=O) groups is 1. The highest BCUT2D eigenvalue weighted by atomic mass is 16.4. The molecule has 186 valence electrons. The molecule has 0 unspecified atom stereocenters. The van der Waals surface area contributed by atoms with Gasteiger partial charge in [-0.15, -0.1) is 0 Å². The van der Waals surface area contributed by atoms with Crippen LogP contribution in [0.4, 0.5) is 0 Å². The van der Waals surface area contributed by atoms with Gasteiger partial charge >= 0.3 is 0 Å². The molecule has 0 atom stereocenters. The van der Waals surface area contributed by atoms with Crippen LogP contribution in [-0.4, -0.2) is 74.0 Å². The van der Waals surface area contributed by atoms with Crippen LogP contribution in [0, 0.1) is 6.92 Å². The van der Waals surface area contributed by atoms with Crippen molar-refractivity contribution in [3.63, 3.8) is 0 Å². The van der Waals surface area contributed by atoms with Gasteiger partial charge in [0.1, 0.15) is 5.76 Å². The molecule has 0 spiro atoms. The van der Waals surface area contributed by atoms with E-state index in [0.717, 1.165) is 51.4 Å². The Kier molecular flexibility index (Phi) is 6.99. The molecular weight excluding hydrogens is 422 g/mol. The van der Waals surface area contributed by atoms with Gasteiger partial charge in [0.15, 0.2) is 5.76 Å². The summed E-state index contributed by atoms with van der Waals surface area (Å²) in [6.07, 6.45) is 3.15. The van der Waals surface area contributed by atoms with E-state index in [1.807, 2.05) is 17.0 Å². The maximum Gasteiger partial charge on any atom is 0.289 e. The molecule has 1 aromatic heterocycles. The summed E-state index contributed by atoms with van der Waals surface area (Å²) in [5.41, 5.74) is 5.97. The number of hydrogen-bond acceptors (Lipinski definition) is 4. The number of aryl methyl sites for hydroxylation is 1. The number of amides is 1. The zero-order valence-corrected chi connectivity index (χ0v) is 22.3. The number of rotatable bonds is 6. The third kappa shape index (κ3) is 5.26. The lowest BCUT2D eigenvalue weighted by Crippen LogP contribution is -2.49. The Morgan fingerprint density at radius 2 is 1.59 bits per heavy atom. The Bertz CT molecular complexity index is 1030. The van der Waals surface area contributed by atoms with Crippen LogP contribution in [0.3, 0.4) is 0 Å². The quantitative estimate of drug-likeness (QED) is 0.612. The normalized spacial score (nSPS) is 19.9. The number of fused-ring (bicyclic) bond motifs is 1. The van der Waals surface area contributed by atoms with Crippen molar-refractivity contribution in [1.29, 1.82) is 0 Å². The summed E-state index contributed by atoms with van der Waals surface area (Å²) in [7, 11) is 4.20. The minimum atomic E-state index is 0.0172. The second-order valence-electron chi connectivity index (χ2n) is 12.0. The van der Waals surface area contributed by atoms with Crippen LogP contribution in [0.15, 0.2) is 28.7 Å². The number of likely N-dealkylation sites (N-methyl/N-ethyl adjacent to an activating group) is 1. The van der Waals surface area contributed by atoms with E-state index >= 15 is 0 Å². The molecule has 0 N–H and O–H groups in total. The van der Waals surface area contributed by atoms with Crippen molar-refractivity contribution < 1.29 is 9.21 Å². The average Bonchev–Trinajstić information content (AvgIpc) is 3.25. The van der Waals surface area contributed by atoms with Crippen LogP contribution in [0.5, 0.6) is 0 Å². The summed E-state index contributed by atoms with van der Waals surface area (Å²) < 4.78 is 6.09. The van der Waals surface area contributed by atoms with Gasteiger partial charge in [0.05, 0.1) is 0 Å². The molecule has 1 aromatic carbocycles. The number of piperazine rings is 1. The van der Waals surface area contributed by atoms with Crippen molar-refractivity contribution in [2.75, 3.05) is 53.4 Å². The van der Waals surface area contributed by atoms with Gasteiger partial charge < -0.3 is 14.2 Å². The molecule has 1 amide bonds. The fourth-order valence-corrected chi connectivity index (χ4v) is 5.40. The maximum absolute atomic E-state index is 13.1. The van der Waals surface area contributed by atoms with Crippen LogP contribution in [0.2, 0.25) is 0 Å². The van der Waals surface area contributed by atoms with E-state index in [0.29, 0.717) is 5.76 Å². The van der Waals surface area contributed by atoms with Crippen molar-refractivity contribution in [1.82, 2.24) is 14.7 Å². The smallest absolute Gasteiger partial charge is 0.289 e. The highest BCUT2D eigenvalue weighted by Crippen LogP contribution is 2.46. The molecule has 1 aliphatic carbocycles. The standard InChI is InChI=1S/C29H43N3O2/c1-21-18-24-25(29(4,5)11-10-28(24,2)3)20-22(21)19-23-8-9-26(34-23)27(33)32-16-14-31(15-17-32)13-12-30(6)7/h8-9,18,20H,10-17,19H2,1-7H3. The Hall–Kier alpha value is -2.11. The first-order valence-electron chi connectivity index (χ1n) is 12.9. The van der Waals surface area contributed by atoms with E-state index in [4.69, 9.17) is 4.42 Å². The zero-order valence-electron chi connectivity index (χ0n) is 22.3.